The zero-order chi connectivity index (χ0) is 26.0. The van der Waals surface area contributed by atoms with Gasteiger partial charge in [0.2, 0.25) is 5.95 Å². The fraction of sp³-hybridized carbons (Fsp3) is 0.385. The van der Waals surface area contributed by atoms with Crippen molar-refractivity contribution < 1.29 is 18.3 Å². The van der Waals surface area contributed by atoms with E-state index < -0.39 is 30.1 Å². The van der Waals surface area contributed by atoms with Crippen LogP contribution in [0.4, 0.5) is 25.3 Å². The summed E-state index contributed by atoms with van der Waals surface area (Å²) in [6.45, 7) is 0. The number of alkyl carbamates (subject to hydrolysis) is 1. The molecule has 38 heavy (non-hydrogen) atoms. The summed E-state index contributed by atoms with van der Waals surface area (Å²) in [4.78, 5) is 21.3. The number of imidazole rings is 1. The van der Waals surface area contributed by atoms with Crippen LogP contribution in [0.3, 0.4) is 0 Å². The number of aromatic nitrogens is 5. The van der Waals surface area contributed by atoms with E-state index in [1.54, 1.807) is 35.0 Å². The van der Waals surface area contributed by atoms with E-state index >= 15 is 4.39 Å². The molecule has 1 amide bonds. The highest BCUT2D eigenvalue weighted by Crippen LogP contribution is 2.57. The quantitative estimate of drug-likeness (QED) is 0.298. The number of hydrogen-bond acceptors (Lipinski definition) is 6. The van der Waals surface area contributed by atoms with Crippen LogP contribution < -0.4 is 10.6 Å². The summed E-state index contributed by atoms with van der Waals surface area (Å²) in [6.07, 6.45) is 4.68. The van der Waals surface area contributed by atoms with Gasteiger partial charge >= 0.3 is 6.09 Å². The Balaban J connectivity index is 1.07. The minimum atomic E-state index is -1.34. The van der Waals surface area contributed by atoms with Crippen molar-refractivity contribution in [2.24, 2.45) is 5.92 Å². The van der Waals surface area contributed by atoms with Crippen LogP contribution in [-0.2, 0) is 4.74 Å². The van der Waals surface area contributed by atoms with Crippen molar-refractivity contribution in [1.29, 1.82) is 0 Å². The van der Waals surface area contributed by atoms with E-state index in [-0.39, 0.29) is 10.6 Å². The molecular formula is C26H24ClF2N7O2. The van der Waals surface area contributed by atoms with Crippen molar-refractivity contribution >= 4 is 35.1 Å². The second-order valence-electron chi connectivity index (χ2n) is 10.5. The predicted molar refractivity (Wildman–Crippen MR) is 136 cm³/mol. The van der Waals surface area contributed by atoms with Gasteiger partial charge < -0.3 is 15.4 Å². The minimum absolute atomic E-state index is 0.00419. The van der Waals surface area contributed by atoms with Crippen molar-refractivity contribution in [3.05, 3.63) is 59.3 Å². The highest BCUT2D eigenvalue weighted by molar-refractivity contribution is 6.31. The third kappa shape index (κ3) is 3.96. The number of fused-ring (bicyclic) bond motifs is 1. The fourth-order valence-corrected chi connectivity index (χ4v) is 6.09. The molecule has 0 unspecified atom stereocenters. The largest absolute Gasteiger partial charge is 0.443 e. The molecule has 4 aromatic rings. The Labute approximate surface area is 221 Å². The summed E-state index contributed by atoms with van der Waals surface area (Å²) in [5.74, 6) is 0.602. The van der Waals surface area contributed by atoms with Gasteiger partial charge in [0.1, 0.15) is 23.7 Å². The lowest BCUT2D eigenvalue weighted by molar-refractivity contribution is -0.0532. The van der Waals surface area contributed by atoms with Crippen LogP contribution in [0.5, 0.6) is 0 Å². The molecule has 4 fully saturated rings. The third-order valence-corrected chi connectivity index (χ3v) is 8.30. The minimum Gasteiger partial charge on any atom is -0.443 e. The number of hydrogen-bond donors (Lipinski definition) is 3. The number of nitrogens with one attached hydrogen (secondary N) is 3. The van der Waals surface area contributed by atoms with Crippen LogP contribution in [0.1, 0.15) is 43.7 Å². The Kier molecular flexibility index (Phi) is 5.33. The molecule has 4 aliphatic carbocycles. The first kappa shape index (κ1) is 23.4. The average Bonchev–Trinajstić information content (AvgIpc) is 3.58. The molecule has 0 saturated heterocycles. The highest BCUT2D eigenvalue weighted by atomic mass is 35.5. The monoisotopic (exact) mass is 539 g/mol. The van der Waals surface area contributed by atoms with Gasteiger partial charge in [-0.05, 0) is 56.2 Å². The standard InChI is InChI=1S/C26H24ClF2N7O2/c27-16-7-14(1-3-17(16)28)18-9-22-30-5-6-36(22)24(31-18)32-21-8-19(34-35-21)15-2-4-20(23(15)29)38-25(37)33-26-10-13(11-26)12-26/h1,3,5-9,13,15,20,23H,2,4,10-12H2,(H,33,37)(H2,31,32,34,35)/t13?,15-,20-,23-,26?/m1/s1. The Morgan fingerprint density at radius 1 is 1.21 bits per heavy atom. The SMILES string of the molecule is O=C(NC12CC(C1)C2)O[C@@H]1CC[C@H](c2cc(Nc3nc(-c4ccc(F)c(Cl)c4)cc4nccn34)n[nH]2)[C@H]1F. The van der Waals surface area contributed by atoms with Crippen LogP contribution in [-0.4, -0.2) is 48.5 Å². The van der Waals surface area contributed by atoms with E-state index in [0.29, 0.717) is 47.2 Å². The van der Waals surface area contributed by atoms with Gasteiger partial charge in [-0.25, -0.2) is 23.5 Å². The van der Waals surface area contributed by atoms with E-state index in [1.807, 2.05) is 0 Å². The van der Waals surface area contributed by atoms with Gasteiger partial charge in [-0.2, -0.15) is 5.10 Å². The van der Waals surface area contributed by atoms with E-state index in [1.165, 1.54) is 12.1 Å². The second-order valence-corrected chi connectivity index (χ2v) is 10.9. The highest BCUT2D eigenvalue weighted by Gasteiger charge is 2.58. The normalized spacial score (nSPS) is 27.6. The van der Waals surface area contributed by atoms with Crippen molar-refractivity contribution in [1.82, 2.24) is 29.9 Å². The number of benzene rings is 1. The molecule has 196 valence electrons. The lowest BCUT2D eigenvalue weighted by Crippen LogP contribution is -2.68. The summed E-state index contributed by atoms with van der Waals surface area (Å²) < 4.78 is 36.2. The first-order valence-electron chi connectivity index (χ1n) is 12.6. The number of alkyl halides is 1. The first-order chi connectivity index (χ1) is 18.4. The molecule has 8 rings (SSSR count). The average molecular weight is 540 g/mol. The zero-order valence-electron chi connectivity index (χ0n) is 20.1. The molecule has 3 heterocycles. The van der Waals surface area contributed by atoms with E-state index in [2.05, 4.69) is 30.8 Å². The summed E-state index contributed by atoms with van der Waals surface area (Å²) in [5.41, 5.74) is 2.29. The van der Waals surface area contributed by atoms with Crippen LogP contribution in [0.15, 0.2) is 42.7 Å². The maximum atomic E-state index is 15.3. The number of halogens is 3. The van der Waals surface area contributed by atoms with Gasteiger partial charge in [0.15, 0.2) is 5.82 Å². The number of carbonyl (C=O) groups excluding carboxylic acids is 1. The molecule has 3 atom stereocenters. The molecular weight excluding hydrogens is 516 g/mol. The van der Waals surface area contributed by atoms with Gasteiger partial charge in [0.25, 0.3) is 0 Å². The number of anilines is 2. The first-order valence-corrected chi connectivity index (χ1v) is 13.0. The number of rotatable bonds is 6. The molecule has 12 heteroatoms. The second kappa shape index (κ2) is 8.65. The van der Waals surface area contributed by atoms with Crippen molar-refractivity contribution in [3.8, 4) is 11.3 Å². The molecule has 1 aromatic carbocycles. The number of amides is 1. The number of ether oxygens (including phenoxy) is 1. The zero-order valence-corrected chi connectivity index (χ0v) is 20.9. The maximum Gasteiger partial charge on any atom is 0.407 e. The lowest BCUT2D eigenvalue weighted by atomic mass is 9.50. The Morgan fingerprint density at radius 2 is 2.05 bits per heavy atom. The molecule has 3 N–H and O–H groups in total. The number of nitrogens with zero attached hydrogens (tertiary/aromatic N) is 4. The summed E-state index contributed by atoms with van der Waals surface area (Å²) in [7, 11) is 0. The van der Waals surface area contributed by atoms with E-state index in [0.717, 1.165) is 25.2 Å². The van der Waals surface area contributed by atoms with Crippen LogP contribution in [0, 0.1) is 11.7 Å². The number of H-pyrrole nitrogens is 1. The van der Waals surface area contributed by atoms with Crippen LogP contribution in [0.2, 0.25) is 5.02 Å². The number of carbonyl (C=O) groups is 1. The van der Waals surface area contributed by atoms with E-state index in [4.69, 9.17) is 16.3 Å². The van der Waals surface area contributed by atoms with Crippen LogP contribution in [0.25, 0.3) is 16.9 Å². The maximum absolute atomic E-state index is 15.3. The Bertz CT molecular complexity index is 1540. The molecule has 4 saturated carbocycles. The van der Waals surface area contributed by atoms with Gasteiger partial charge in [-0.1, -0.05) is 11.6 Å². The third-order valence-electron chi connectivity index (χ3n) is 8.01. The molecule has 0 radical (unpaired) electrons. The van der Waals surface area contributed by atoms with Crippen LogP contribution >= 0.6 is 11.6 Å². The van der Waals surface area contributed by atoms with Gasteiger partial charge in [-0.15, -0.1) is 0 Å². The predicted octanol–water partition coefficient (Wildman–Crippen LogP) is 5.52. The summed E-state index contributed by atoms with van der Waals surface area (Å²) in [6, 6.07) is 7.88. The molecule has 0 spiro atoms. The molecule has 4 aliphatic rings. The summed E-state index contributed by atoms with van der Waals surface area (Å²) >= 11 is 5.97. The fourth-order valence-electron chi connectivity index (χ4n) is 5.91. The molecule has 3 aromatic heterocycles. The van der Waals surface area contributed by atoms with Gasteiger partial charge in [0, 0.05) is 47.2 Å². The van der Waals surface area contributed by atoms with E-state index in [9.17, 15) is 9.18 Å². The molecule has 2 bridgehead atoms. The lowest BCUT2D eigenvalue weighted by Gasteiger charge is -2.61. The van der Waals surface area contributed by atoms with Crippen molar-refractivity contribution in [2.45, 2.75) is 55.8 Å². The summed E-state index contributed by atoms with van der Waals surface area (Å²) in [5, 5.41) is 13.3. The molecule has 9 nitrogen and oxygen atoms in total. The van der Waals surface area contributed by atoms with Gasteiger partial charge in [0.05, 0.1) is 10.7 Å². The molecule has 0 aliphatic heterocycles. The van der Waals surface area contributed by atoms with Gasteiger partial charge in [-0.3, -0.25) is 9.50 Å². The Hall–Kier alpha value is -3.73. The number of aromatic amines is 1. The Morgan fingerprint density at radius 3 is 2.82 bits per heavy atom. The van der Waals surface area contributed by atoms with Crippen molar-refractivity contribution in [3.63, 3.8) is 0 Å². The topological polar surface area (TPSA) is 109 Å². The smallest absolute Gasteiger partial charge is 0.407 e. The van der Waals surface area contributed by atoms with Crippen molar-refractivity contribution in [2.75, 3.05) is 5.32 Å².